The summed E-state index contributed by atoms with van der Waals surface area (Å²) in [6.07, 6.45) is -0.633. The van der Waals surface area contributed by atoms with E-state index in [1.807, 2.05) is 6.92 Å². The average molecular weight is 267 g/mol. The van der Waals surface area contributed by atoms with Crippen LogP contribution in [0.5, 0.6) is 0 Å². The molecule has 0 aliphatic carbocycles. The summed E-state index contributed by atoms with van der Waals surface area (Å²) in [5.74, 6) is 0.463. The Morgan fingerprint density at radius 3 is 2.74 bits per heavy atom. The Morgan fingerprint density at radius 2 is 2.16 bits per heavy atom. The van der Waals surface area contributed by atoms with Gasteiger partial charge in [0.1, 0.15) is 0 Å². The summed E-state index contributed by atoms with van der Waals surface area (Å²) in [5.41, 5.74) is -0.443. The van der Waals surface area contributed by atoms with Gasteiger partial charge in [0.05, 0.1) is 12.6 Å². The fourth-order valence-corrected chi connectivity index (χ4v) is 1.97. The molecule has 0 amide bonds. The quantitative estimate of drug-likeness (QED) is 0.675. The number of anilines is 1. The summed E-state index contributed by atoms with van der Waals surface area (Å²) in [7, 11) is 1.54. The number of nitrogens with one attached hydrogen (secondary N) is 2. The van der Waals surface area contributed by atoms with E-state index in [0.717, 1.165) is 0 Å². The van der Waals surface area contributed by atoms with Crippen molar-refractivity contribution in [2.24, 2.45) is 7.05 Å². The van der Waals surface area contributed by atoms with Crippen LogP contribution < -0.4 is 16.6 Å². The van der Waals surface area contributed by atoms with Gasteiger partial charge in [0.25, 0.3) is 5.56 Å². The fraction of sp³-hybridized carbons (Fsp3) is 0.545. The monoisotopic (exact) mass is 267 g/mol. The highest BCUT2D eigenvalue weighted by Gasteiger charge is 2.17. The van der Waals surface area contributed by atoms with Crippen LogP contribution in [0, 0.1) is 0 Å². The van der Waals surface area contributed by atoms with Crippen LogP contribution in [0.1, 0.15) is 13.8 Å². The van der Waals surface area contributed by atoms with Crippen molar-refractivity contribution in [2.45, 2.75) is 26.5 Å². The number of imidazole rings is 1. The van der Waals surface area contributed by atoms with E-state index < -0.39 is 17.4 Å². The van der Waals surface area contributed by atoms with Gasteiger partial charge in [-0.05, 0) is 13.8 Å². The third-order valence-corrected chi connectivity index (χ3v) is 2.79. The van der Waals surface area contributed by atoms with Gasteiger partial charge in [-0.1, -0.05) is 0 Å². The largest absolute Gasteiger partial charge is 0.392 e. The SMILES string of the molecule is CCNc1nc2c(c(=O)[nH]c(=O)n2C)n1C[C@@H](C)O. The van der Waals surface area contributed by atoms with Crippen molar-refractivity contribution < 1.29 is 5.11 Å². The molecule has 0 aliphatic heterocycles. The lowest BCUT2D eigenvalue weighted by Gasteiger charge is -2.10. The molecule has 8 heteroatoms. The first-order valence-corrected chi connectivity index (χ1v) is 6.07. The van der Waals surface area contributed by atoms with E-state index in [9.17, 15) is 14.7 Å². The molecule has 2 aromatic rings. The van der Waals surface area contributed by atoms with Crippen LogP contribution in [0.4, 0.5) is 5.95 Å². The summed E-state index contributed by atoms with van der Waals surface area (Å²) < 4.78 is 2.86. The van der Waals surface area contributed by atoms with Gasteiger partial charge < -0.3 is 15.0 Å². The van der Waals surface area contributed by atoms with Crippen LogP contribution in [-0.4, -0.2) is 36.9 Å². The van der Waals surface area contributed by atoms with E-state index in [1.165, 1.54) is 11.6 Å². The molecule has 0 saturated heterocycles. The molecule has 0 aromatic carbocycles. The van der Waals surface area contributed by atoms with Gasteiger partial charge in [-0.2, -0.15) is 4.98 Å². The summed E-state index contributed by atoms with van der Waals surface area (Å²) >= 11 is 0. The van der Waals surface area contributed by atoms with Crippen molar-refractivity contribution in [2.75, 3.05) is 11.9 Å². The second kappa shape index (κ2) is 4.88. The molecule has 0 unspecified atom stereocenters. The number of nitrogens with zero attached hydrogens (tertiary/aromatic N) is 3. The van der Waals surface area contributed by atoms with E-state index in [2.05, 4.69) is 15.3 Å². The molecule has 2 aromatic heterocycles. The van der Waals surface area contributed by atoms with Gasteiger partial charge in [0, 0.05) is 13.6 Å². The van der Waals surface area contributed by atoms with E-state index in [4.69, 9.17) is 0 Å². The summed E-state index contributed by atoms with van der Waals surface area (Å²) in [4.78, 5) is 30.0. The van der Waals surface area contributed by atoms with Crippen LogP contribution in [0.2, 0.25) is 0 Å². The van der Waals surface area contributed by atoms with E-state index in [1.54, 1.807) is 11.5 Å². The molecule has 0 spiro atoms. The normalized spacial score (nSPS) is 12.8. The number of hydrogen-bond acceptors (Lipinski definition) is 5. The molecule has 1 atom stereocenters. The number of hydrogen-bond donors (Lipinski definition) is 3. The number of aromatic nitrogens is 4. The zero-order valence-electron chi connectivity index (χ0n) is 11.1. The van der Waals surface area contributed by atoms with Gasteiger partial charge in [-0.3, -0.25) is 14.3 Å². The highest BCUT2D eigenvalue weighted by atomic mass is 16.3. The Balaban J connectivity index is 2.81. The molecule has 8 nitrogen and oxygen atoms in total. The van der Waals surface area contributed by atoms with Gasteiger partial charge in [0.2, 0.25) is 5.95 Å². The third kappa shape index (κ3) is 2.26. The molecule has 0 fully saturated rings. The van der Waals surface area contributed by atoms with Crippen molar-refractivity contribution in [3.8, 4) is 0 Å². The van der Waals surface area contributed by atoms with E-state index in [0.29, 0.717) is 18.1 Å². The molecule has 2 rings (SSSR count). The fourth-order valence-electron chi connectivity index (χ4n) is 1.97. The van der Waals surface area contributed by atoms with Crippen LogP contribution >= 0.6 is 0 Å². The molecule has 3 N–H and O–H groups in total. The molecule has 19 heavy (non-hydrogen) atoms. The number of fused-ring (bicyclic) bond motifs is 1. The summed E-state index contributed by atoms with van der Waals surface area (Å²) in [5, 5.41) is 12.6. The molecule has 2 heterocycles. The Morgan fingerprint density at radius 1 is 1.47 bits per heavy atom. The van der Waals surface area contributed by atoms with Crippen molar-refractivity contribution >= 4 is 17.1 Å². The third-order valence-electron chi connectivity index (χ3n) is 2.79. The predicted octanol–water partition coefficient (Wildman–Crippen LogP) is -0.764. The Hall–Kier alpha value is -2.09. The molecule has 0 saturated carbocycles. The van der Waals surface area contributed by atoms with Gasteiger partial charge in [-0.25, -0.2) is 4.79 Å². The number of aliphatic hydroxyl groups is 1. The van der Waals surface area contributed by atoms with Crippen molar-refractivity contribution in [1.29, 1.82) is 0 Å². The van der Waals surface area contributed by atoms with Gasteiger partial charge in [0.15, 0.2) is 11.2 Å². The minimum absolute atomic E-state index is 0.222. The minimum Gasteiger partial charge on any atom is -0.392 e. The summed E-state index contributed by atoms with van der Waals surface area (Å²) in [6, 6.07) is 0. The maximum Gasteiger partial charge on any atom is 0.329 e. The smallest absolute Gasteiger partial charge is 0.329 e. The minimum atomic E-state index is -0.633. The number of H-pyrrole nitrogens is 1. The zero-order valence-corrected chi connectivity index (χ0v) is 11.1. The average Bonchev–Trinajstić information content (AvgIpc) is 2.66. The molecular formula is C11H17N5O3. The first kappa shape index (κ1) is 13.3. The standard InChI is InChI=1S/C11H17N5O3/c1-4-12-10-13-8-7(16(10)5-6(2)17)9(18)14-11(19)15(8)3/h6,17H,4-5H2,1-3H3,(H,12,13)(H,14,18,19)/t6-/m1/s1. The lowest BCUT2D eigenvalue weighted by molar-refractivity contribution is 0.175. The summed E-state index contributed by atoms with van der Waals surface area (Å²) in [6.45, 7) is 4.36. The highest BCUT2D eigenvalue weighted by Crippen LogP contribution is 2.15. The number of rotatable bonds is 4. The van der Waals surface area contributed by atoms with E-state index >= 15 is 0 Å². The van der Waals surface area contributed by atoms with E-state index in [-0.39, 0.29) is 12.1 Å². The van der Waals surface area contributed by atoms with Crippen LogP contribution in [0.15, 0.2) is 9.59 Å². The zero-order chi connectivity index (χ0) is 14.2. The predicted molar refractivity (Wildman–Crippen MR) is 71.4 cm³/mol. The lowest BCUT2D eigenvalue weighted by atomic mass is 10.4. The Kier molecular flexibility index (Phi) is 3.43. The van der Waals surface area contributed by atoms with Crippen molar-refractivity contribution in [3.05, 3.63) is 20.8 Å². The first-order chi connectivity index (χ1) is 8.95. The lowest BCUT2D eigenvalue weighted by Crippen LogP contribution is -2.29. The first-order valence-electron chi connectivity index (χ1n) is 6.07. The Labute approximate surface area is 108 Å². The second-order valence-corrected chi connectivity index (χ2v) is 4.42. The van der Waals surface area contributed by atoms with Gasteiger partial charge in [-0.15, -0.1) is 0 Å². The van der Waals surface area contributed by atoms with Crippen molar-refractivity contribution in [3.63, 3.8) is 0 Å². The van der Waals surface area contributed by atoms with Gasteiger partial charge >= 0.3 is 5.69 Å². The maximum absolute atomic E-state index is 11.9. The number of aromatic amines is 1. The molecular weight excluding hydrogens is 250 g/mol. The maximum atomic E-state index is 11.9. The molecule has 104 valence electrons. The molecule has 0 radical (unpaired) electrons. The number of aliphatic hydroxyl groups excluding tert-OH is 1. The molecule has 0 bridgehead atoms. The number of aryl methyl sites for hydroxylation is 1. The van der Waals surface area contributed by atoms with Crippen LogP contribution in [0.3, 0.4) is 0 Å². The van der Waals surface area contributed by atoms with Crippen molar-refractivity contribution in [1.82, 2.24) is 19.1 Å². The van der Waals surface area contributed by atoms with Crippen LogP contribution in [0.25, 0.3) is 11.2 Å². The highest BCUT2D eigenvalue weighted by molar-refractivity contribution is 5.74. The second-order valence-electron chi connectivity index (χ2n) is 4.42. The molecule has 0 aliphatic rings. The van der Waals surface area contributed by atoms with Crippen LogP contribution in [-0.2, 0) is 13.6 Å². The Bertz CT molecular complexity index is 709. The topological polar surface area (TPSA) is 105 Å².